The van der Waals surface area contributed by atoms with Gasteiger partial charge in [-0.15, -0.1) is 0 Å². The molecular formula is C29H33ClN4O. The Morgan fingerprint density at radius 1 is 0.857 bits per heavy atom. The summed E-state index contributed by atoms with van der Waals surface area (Å²) in [5.41, 5.74) is 4.52. The number of piperidine rings is 1. The summed E-state index contributed by atoms with van der Waals surface area (Å²) in [6.45, 7) is 1.99. The number of amides is 1. The van der Waals surface area contributed by atoms with Crippen LogP contribution in [-0.4, -0.2) is 30.0 Å². The minimum Gasteiger partial charge on any atom is -0.371 e. The van der Waals surface area contributed by atoms with E-state index >= 15 is 0 Å². The molecule has 35 heavy (non-hydrogen) atoms. The molecule has 1 aliphatic carbocycles. The quantitative estimate of drug-likeness (QED) is 0.415. The van der Waals surface area contributed by atoms with Crippen LogP contribution in [0.3, 0.4) is 0 Å². The molecule has 1 saturated carbocycles. The molecule has 2 fully saturated rings. The highest BCUT2D eigenvalue weighted by molar-refractivity contribution is 6.30. The van der Waals surface area contributed by atoms with Gasteiger partial charge >= 0.3 is 0 Å². The lowest BCUT2D eigenvalue weighted by molar-refractivity contribution is -0.119. The van der Waals surface area contributed by atoms with Crippen LogP contribution in [0, 0.1) is 5.92 Å². The lowest BCUT2D eigenvalue weighted by Gasteiger charge is -2.36. The molecule has 0 bridgehead atoms. The average molecular weight is 489 g/mol. The first-order chi connectivity index (χ1) is 17.2. The highest BCUT2D eigenvalue weighted by atomic mass is 35.5. The summed E-state index contributed by atoms with van der Waals surface area (Å²) >= 11 is 6.14. The molecule has 182 valence electrons. The third-order valence-corrected chi connectivity index (χ3v) is 7.62. The zero-order chi connectivity index (χ0) is 24.0. The van der Waals surface area contributed by atoms with Crippen LogP contribution in [0.15, 0.2) is 73.1 Å². The van der Waals surface area contributed by atoms with Crippen LogP contribution < -0.4 is 15.5 Å². The highest BCUT2D eigenvalue weighted by Crippen LogP contribution is 2.29. The van der Waals surface area contributed by atoms with Crippen molar-refractivity contribution in [3.63, 3.8) is 0 Å². The number of nitrogens with one attached hydrogen (secondary N) is 2. The Bertz CT molecular complexity index is 1090. The summed E-state index contributed by atoms with van der Waals surface area (Å²) in [7, 11) is 0. The largest absolute Gasteiger partial charge is 0.371 e. The molecule has 1 saturated heterocycles. The van der Waals surface area contributed by atoms with E-state index < -0.39 is 0 Å². The highest BCUT2D eigenvalue weighted by Gasteiger charge is 2.25. The molecule has 5 nitrogen and oxygen atoms in total. The molecule has 6 heteroatoms. The van der Waals surface area contributed by atoms with Crippen LogP contribution in [0.4, 0.5) is 11.4 Å². The Morgan fingerprint density at radius 3 is 2.14 bits per heavy atom. The normalized spacial score (nSPS) is 17.9. The molecule has 3 aromatic rings. The third kappa shape index (κ3) is 6.03. The second kappa shape index (κ2) is 11.2. The molecule has 2 N–H and O–H groups in total. The molecule has 2 aliphatic rings. The first-order valence-corrected chi connectivity index (χ1v) is 13.1. The van der Waals surface area contributed by atoms with Crippen LogP contribution in [-0.2, 0) is 4.79 Å². The molecule has 1 unspecified atom stereocenters. The van der Waals surface area contributed by atoms with Crippen LogP contribution in [0.2, 0.25) is 5.02 Å². The van der Waals surface area contributed by atoms with Gasteiger partial charge < -0.3 is 15.5 Å². The monoisotopic (exact) mass is 488 g/mol. The van der Waals surface area contributed by atoms with Crippen molar-refractivity contribution in [2.45, 2.75) is 50.6 Å². The second-order valence-corrected chi connectivity index (χ2v) is 10.1. The number of halogens is 1. The lowest BCUT2D eigenvalue weighted by Crippen LogP contribution is -2.44. The predicted octanol–water partition coefficient (Wildman–Crippen LogP) is 6.21. The summed E-state index contributed by atoms with van der Waals surface area (Å²) in [6.07, 6.45) is 10.2. The van der Waals surface area contributed by atoms with Crippen molar-refractivity contribution in [1.29, 1.82) is 0 Å². The van der Waals surface area contributed by atoms with E-state index in [0.29, 0.717) is 6.04 Å². The Labute approximate surface area is 212 Å². The van der Waals surface area contributed by atoms with Gasteiger partial charge in [-0.25, -0.2) is 0 Å². The number of benzene rings is 2. The number of pyridine rings is 1. The topological polar surface area (TPSA) is 57.3 Å². The molecule has 2 aromatic carbocycles. The SMILES string of the molecule is O=C(Nc1ccc(N2CCC(NC(c3ccncc3)c3ccc(Cl)cc3)CC2)cc1)C1CCCC1. The lowest BCUT2D eigenvalue weighted by atomic mass is 9.96. The Kier molecular flexibility index (Phi) is 7.65. The number of rotatable bonds is 7. The van der Waals surface area contributed by atoms with E-state index in [9.17, 15) is 4.79 Å². The van der Waals surface area contributed by atoms with Gasteiger partial charge in [-0.1, -0.05) is 36.6 Å². The van der Waals surface area contributed by atoms with E-state index in [0.717, 1.165) is 49.5 Å². The molecule has 1 atom stereocenters. The molecule has 1 aliphatic heterocycles. The van der Waals surface area contributed by atoms with Crippen molar-refractivity contribution in [2.75, 3.05) is 23.3 Å². The second-order valence-electron chi connectivity index (χ2n) is 9.71. The fraction of sp³-hybridized carbons (Fsp3) is 0.379. The van der Waals surface area contributed by atoms with E-state index in [2.05, 4.69) is 56.9 Å². The van der Waals surface area contributed by atoms with Gasteiger partial charge in [-0.2, -0.15) is 0 Å². The summed E-state index contributed by atoms with van der Waals surface area (Å²) in [6, 6.07) is 21.1. The molecule has 0 spiro atoms. The minimum atomic E-state index is 0.106. The molecule has 1 aromatic heterocycles. The van der Waals surface area contributed by atoms with Gasteiger partial charge in [0.1, 0.15) is 0 Å². The molecule has 0 radical (unpaired) electrons. The zero-order valence-electron chi connectivity index (χ0n) is 20.0. The Hall–Kier alpha value is -2.89. The van der Waals surface area contributed by atoms with Gasteiger partial charge in [0.25, 0.3) is 0 Å². The molecular weight excluding hydrogens is 456 g/mol. The fourth-order valence-electron chi connectivity index (χ4n) is 5.32. The predicted molar refractivity (Wildman–Crippen MR) is 143 cm³/mol. The molecule has 5 rings (SSSR count). The van der Waals surface area contributed by atoms with Gasteiger partial charge in [-0.05, 0) is 85.3 Å². The number of anilines is 2. The summed E-state index contributed by atoms with van der Waals surface area (Å²) in [4.78, 5) is 19.0. The van der Waals surface area contributed by atoms with Crippen molar-refractivity contribution < 1.29 is 4.79 Å². The van der Waals surface area contributed by atoms with Gasteiger partial charge in [0.05, 0.1) is 6.04 Å². The number of nitrogens with zero attached hydrogens (tertiary/aromatic N) is 2. The average Bonchev–Trinajstić information content (AvgIpc) is 3.45. The Morgan fingerprint density at radius 2 is 1.49 bits per heavy atom. The smallest absolute Gasteiger partial charge is 0.227 e. The van der Waals surface area contributed by atoms with Crippen LogP contribution in [0.25, 0.3) is 0 Å². The minimum absolute atomic E-state index is 0.106. The standard InChI is InChI=1S/C29H33ClN4O/c30-24-7-5-21(6-8-24)28(22-13-17-31-18-14-22)32-26-15-19-34(20-16-26)27-11-9-25(10-12-27)33-29(35)23-3-1-2-4-23/h5-14,17-18,23,26,28,32H,1-4,15-16,19-20H2,(H,33,35). The van der Waals surface area contributed by atoms with Crippen molar-refractivity contribution in [1.82, 2.24) is 10.3 Å². The summed E-state index contributed by atoms with van der Waals surface area (Å²) in [5.74, 6) is 0.358. The number of aromatic nitrogens is 1. The third-order valence-electron chi connectivity index (χ3n) is 7.37. The van der Waals surface area contributed by atoms with E-state index in [4.69, 9.17) is 11.6 Å². The molecule has 2 heterocycles. The van der Waals surface area contributed by atoms with E-state index in [1.165, 1.54) is 29.7 Å². The van der Waals surface area contributed by atoms with Crippen LogP contribution >= 0.6 is 11.6 Å². The van der Waals surface area contributed by atoms with Gasteiger partial charge in [0, 0.05) is 53.8 Å². The maximum Gasteiger partial charge on any atom is 0.227 e. The van der Waals surface area contributed by atoms with Crippen LogP contribution in [0.1, 0.15) is 55.7 Å². The van der Waals surface area contributed by atoms with Crippen molar-refractivity contribution >= 4 is 28.9 Å². The van der Waals surface area contributed by atoms with E-state index in [-0.39, 0.29) is 17.9 Å². The van der Waals surface area contributed by atoms with Gasteiger partial charge in [0.15, 0.2) is 0 Å². The first kappa shape index (κ1) is 23.8. The van der Waals surface area contributed by atoms with Gasteiger partial charge in [0.2, 0.25) is 5.91 Å². The van der Waals surface area contributed by atoms with E-state index in [1.807, 2.05) is 36.7 Å². The van der Waals surface area contributed by atoms with Gasteiger partial charge in [-0.3, -0.25) is 9.78 Å². The maximum absolute atomic E-state index is 12.4. The number of hydrogen-bond acceptors (Lipinski definition) is 4. The summed E-state index contributed by atoms with van der Waals surface area (Å²) < 4.78 is 0. The van der Waals surface area contributed by atoms with Crippen molar-refractivity contribution in [2.24, 2.45) is 5.92 Å². The van der Waals surface area contributed by atoms with E-state index in [1.54, 1.807) is 0 Å². The number of carbonyl (C=O) groups is 1. The zero-order valence-corrected chi connectivity index (χ0v) is 20.8. The Balaban J connectivity index is 1.18. The number of carbonyl (C=O) groups excluding carboxylic acids is 1. The summed E-state index contributed by atoms with van der Waals surface area (Å²) in [5, 5.41) is 7.74. The molecule has 1 amide bonds. The van der Waals surface area contributed by atoms with Crippen LogP contribution in [0.5, 0.6) is 0 Å². The maximum atomic E-state index is 12.4. The number of hydrogen-bond donors (Lipinski definition) is 2. The first-order valence-electron chi connectivity index (χ1n) is 12.7. The van der Waals surface area contributed by atoms with Crippen molar-refractivity contribution in [3.8, 4) is 0 Å². The fourth-order valence-corrected chi connectivity index (χ4v) is 5.45. The van der Waals surface area contributed by atoms with Crippen molar-refractivity contribution in [3.05, 3.63) is 89.2 Å².